The molecule has 0 heterocycles. The maximum atomic E-state index is 8.62. The molecule has 2 unspecified atom stereocenters. The van der Waals surface area contributed by atoms with E-state index in [2.05, 4.69) is 19.0 Å². The highest BCUT2D eigenvalue weighted by Gasteiger charge is 2.22. The van der Waals surface area contributed by atoms with Crippen LogP contribution in [0.25, 0.3) is 0 Å². The minimum absolute atomic E-state index is 0.494. The molecule has 58 valence electrons. The van der Waals surface area contributed by atoms with Gasteiger partial charge in [-0.2, -0.15) is 0 Å². The van der Waals surface area contributed by atoms with E-state index in [1.807, 2.05) is 0 Å². The van der Waals surface area contributed by atoms with E-state index in [4.69, 9.17) is 5.21 Å². The van der Waals surface area contributed by atoms with Gasteiger partial charge in [0, 0.05) is 0 Å². The van der Waals surface area contributed by atoms with Gasteiger partial charge in [0.05, 0.1) is 5.71 Å². The lowest BCUT2D eigenvalue weighted by molar-refractivity contribution is 0.304. The highest BCUT2D eigenvalue weighted by atomic mass is 16.4. The van der Waals surface area contributed by atoms with E-state index < -0.39 is 0 Å². The quantitative estimate of drug-likeness (QED) is 0.407. The normalized spacial score (nSPS) is 34.0. The maximum Gasteiger partial charge on any atom is 0.0626 e. The summed E-state index contributed by atoms with van der Waals surface area (Å²) in [5.74, 6) is 0.988. The van der Waals surface area contributed by atoms with Crippen LogP contribution in [0.1, 0.15) is 33.1 Å². The summed E-state index contributed by atoms with van der Waals surface area (Å²) in [6.45, 7) is 4.26. The zero-order valence-electron chi connectivity index (χ0n) is 6.67. The molecule has 0 radical (unpaired) electrons. The minimum atomic E-state index is 0.494. The van der Waals surface area contributed by atoms with Crippen LogP contribution in [0.2, 0.25) is 0 Å². The van der Waals surface area contributed by atoms with Gasteiger partial charge in [-0.1, -0.05) is 25.4 Å². The molecule has 1 aliphatic carbocycles. The Balaban J connectivity index is 2.63. The molecule has 1 rings (SSSR count). The van der Waals surface area contributed by atoms with Crippen molar-refractivity contribution in [3.8, 4) is 0 Å². The van der Waals surface area contributed by atoms with Crippen molar-refractivity contribution in [2.75, 3.05) is 0 Å². The first-order valence-corrected chi connectivity index (χ1v) is 3.97. The first-order chi connectivity index (χ1) is 4.75. The van der Waals surface area contributed by atoms with Crippen LogP contribution < -0.4 is 0 Å². The summed E-state index contributed by atoms with van der Waals surface area (Å²) >= 11 is 0. The Bertz CT molecular complexity index is 130. The van der Waals surface area contributed by atoms with E-state index in [-0.39, 0.29) is 0 Å². The summed E-state index contributed by atoms with van der Waals surface area (Å²) in [5, 5.41) is 11.9. The van der Waals surface area contributed by atoms with Crippen molar-refractivity contribution in [1.82, 2.24) is 0 Å². The van der Waals surface area contributed by atoms with Gasteiger partial charge >= 0.3 is 0 Å². The lowest BCUT2D eigenvalue weighted by Gasteiger charge is -2.24. The highest BCUT2D eigenvalue weighted by Crippen LogP contribution is 2.25. The summed E-state index contributed by atoms with van der Waals surface area (Å²) in [5.41, 5.74) is 0.992. The number of hydrogen-bond donors (Lipinski definition) is 1. The molecule has 2 nitrogen and oxygen atoms in total. The second-order valence-corrected chi connectivity index (χ2v) is 3.26. The van der Waals surface area contributed by atoms with Gasteiger partial charge in [-0.15, -0.1) is 0 Å². The Morgan fingerprint density at radius 1 is 1.30 bits per heavy atom. The van der Waals surface area contributed by atoms with Crippen LogP contribution in [0.3, 0.4) is 0 Å². The van der Waals surface area contributed by atoms with Gasteiger partial charge < -0.3 is 5.21 Å². The number of oxime groups is 1. The first kappa shape index (κ1) is 7.58. The average molecular weight is 141 g/mol. The predicted octanol–water partition coefficient (Wildman–Crippen LogP) is 2.27. The molecule has 2 atom stereocenters. The Labute approximate surface area is 61.9 Å². The molecule has 0 aromatic heterocycles. The molecule has 10 heavy (non-hydrogen) atoms. The lowest BCUT2D eigenvalue weighted by Crippen LogP contribution is -2.24. The Morgan fingerprint density at radius 2 is 1.80 bits per heavy atom. The van der Waals surface area contributed by atoms with Crippen molar-refractivity contribution >= 4 is 5.71 Å². The van der Waals surface area contributed by atoms with E-state index in [9.17, 15) is 0 Å². The molecule has 1 N–H and O–H groups in total. The molecular formula is C8H15NO. The fourth-order valence-corrected chi connectivity index (χ4v) is 1.71. The molecule has 0 aromatic rings. The molecule has 0 saturated heterocycles. The van der Waals surface area contributed by atoms with Gasteiger partial charge in [0.1, 0.15) is 0 Å². The van der Waals surface area contributed by atoms with Crippen molar-refractivity contribution in [2.45, 2.75) is 33.1 Å². The maximum absolute atomic E-state index is 8.62. The second kappa shape index (κ2) is 3.04. The molecule has 0 aromatic carbocycles. The highest BCUT2D eigenvalue weighted by molar-refractivity contribution is 5.88. The van der Waals surface area contributed by atoms with E-state index in [1.54, 1.807) is 0 Å². The molecule has 0 amide bonds. The molecule has 2 heteroatoms. The van der Waals surface area contributed by atoms with Crippen molar-refractivity contribution in [3.63, 3.8) is 0 Å². The van der Waals surface area contributed by atoms with Crippen LogP contribution >= 0.6 is 0 Å². The molecule has 1 aliphatic rings. The third-order valence-electron chi connectivity index (χ3n) is 2.40. The lowest BCUT2D eigenvalue weighted by atomic mass is 9.82. The van der Waals surface area contributed by atoms with Crippen molar-refractivity contribution in [1.29, 1.82) is 0 Å². The van der Waals surface area contributed by atoms with E-state index in [0.29, 0.717) is 11.8 Å². The fraction of sp³-hybridized carbons (Fsp3) is 0.875. The van der Waals surface area contributed by atoms with Crippen LogP contribution in [0, 0.1) is 11.8 Å². The zero-order chi connectivity index (χ0) is 7.56. The third kappa shape index (κ3) is 1.31. The Hall–Kier alpha value is -0.530. The van der Waals surface area contributed by atoms with E-state index in [1.165, 1.54) is 19.3 Å². The van der Waals surface area contributed by atoms with Gasteiger partial charge in [-0.25, -0.2) is 0 Å². The Kier molecular flexibility index (Phi) is 2.30. The van der Waals surface area contributed by atoms with Crippen LogP contribution in [0.5, 0.6) is 0 Å². The molecular weight excluding hydrogens is 126 g/mol. The number of rotatable bonds is 0. The van der Waals surface area contributed by atoms with Crippen LogP contribution in [-0.2, 0) is 0 Å². The molecule has 1 saturated carbocycles. The molecule has 0 aliphatic heterocycles. The topological polar surface area (TPSA) is 32.6 Å². The van der Waals surface area contributed by atoms with E-state index in [0.717, 1.165) is 5.71 Å². The molecule has 0 bridgehead atoms. The van der Waals surface area contributed by atoms with Crippen LogP contribution in [-0.4, -0.2) is 10.9 Å². The summed E-state index contributed by atoms with van der Waals surface area (Å²) in [6, 6.07) is 0. The monoisotopic (exact) mass is 141 g/mol. The fourth-order valence-electron chi connectivity index (χ4n) is 1.71. The summed E-state index contributed by atoms with van der Waals surface area (Å²) < 4.78 is 0. The molecule has 1 fully saturated rings. The summed E-state index contributed by atoms with van der Waals surface area (Å²) in [4.78, 5) is 0. The largest absolute Gasteiger partial charge is 0.411 e. The third-order valence-corrected chi connectivity index (χ3v) is 2.40. The van der Waals surface area contributed by atoms with Gasteiger partial charge in [-0.05, 0) is 24.7 Å². The smallest absolute Gasteiger partial charge is 0.0626 e. The summed E-state index contributed by atoms with van der Waals surface area (Å²) in [6.07, 6.45) is 3.65. The van der Waals surface area contributed by atoms with E-state index >= 15 is 0 Å². The van der Waals surface area contributed by atoms with Gasteiger partial charge in [0.2, 0.25) is 0 Å². The van der Waals surface area contributed by atoms with Crippen molar-refractivity contribution < 1.29 is 5.21 Å². The molecule has 0 spiro atoms. The Morgan fingerprint density at radius 3 is 2.10 bits per heavy atom. The van der Waals surface area contributed by atoms with Gasteiger partial charge in [-0.3, -0.25) is 0 Å². The zero-order valence-corrected chi connectivity index (χ0v) is 6.67. The average Bonchev–Trinajstić information content (AvgIpc) is 1.88. The minimum Gasteiger partial charge on any atom is -0.411 e. The van der Waals surface area contributed by atoms with Crippen molar-refractivity contribution in [2.24, 2.45) is 17.0 Å². The van der Waals surface area contributed by atoms with Gasteiger partial charge in [0.25, 0.3) is 0 Å². The second-order valence-electron chi connectivity index (χ2n) is 3.26. The van der Waals surface area contributed by atoms with Crippen LogP contribution in [0.4, 0.5) is 0 Å². The standard InChI is InChI=1S/C8H15NO/c1-6-4-3-5-7(2)8(6)9-10/h6-7,10H,3-5H2,1-2H3. The number of nitrogens with zero attached hydrogens (tertiary/aromatic N) is 1. The number of hydrogen-bond acceptors (Lipinski definition) is 2. The SMILES string of the molecule is CC1CCCC(C)C1=NO. The first-order valence-electron chi connectivity index (χ1n) is 3.97. The van der Waals surface area contributed by atoms with Gasteiger partial charge in [0.15, 0.2) is 0 Å². The van der Waals surface area contributed by atoms with Crippen molar-refractivity contribution in [3.05, 3.63) is 0 Å². The predicted molar refractivity (Wildman–Crippen MR) is 41.4 cm³/mol. The summed E-state index contributed by atoms with van der Waals surface area (Å²) in [7, 11) is 0. The van der Waals surface area contributed by atoms with Crippen LogP contribution in [0.15, 0.2) is 5.16 Å².